The molecule has 0 amide bonds. The van der Waals surface area contributed by atoms with Crippen LogP contribution in [0.5, 0.6) is 0 Å². The predicted molar refractivity (Wildman–Crippen MR) is 35.9 cm³/mol. The predicted octanol–water partition coefficient (Wildman–Crippen LogP) is 1.05. The van der Waals surface area contributed by atoms with Gasteiger partial charge < -0.3 is 11.1 Å². The summed E-state index contributed by atoms with van der Waals surface area (Å²) in [4.78, 5) is 0. The number of allylic oxidation sites excluding steroid dienone is 3. The number of hydrogen-bond donors (Lipinski definition) is 2. The molecule has 3 N–H and O–H groups in total. The van der Waals surface area contributed by atoms with E-state index in [-0.39, 0.29) is 0 Å². The molecule has 0 aliphatic rings. The van der Waals surface area contributed by atoms with Crippen LogP contribution < -0.4 is 5.73 Å². The zero-order chi connectivity index (χ0) is 6.41. The molecule has 8 heavy (non-hydrogen) atoms. The van der Waals surface area contributed by atoms with E-state index in [0.29, 0.717) is 5.70 Å². The van der Waals surface area contributed by atoms with Crippen LogP contribution in [-0.2, 0) is 0 Å². The molecule has 0 fully saturated rings. The van der Waals surface area contributed by atoms with Crippen molar-refractivity contribution in [1.29, 1.82) is 5.41 Å². The highest BCUT2D eigenvalue weighted by Gasteiger charge is 1.72. The van der Waals surface area contributed by atoms with Crippen LogP contribution in [0.1, 0.15) is 6.92 Å². The van der Waals surface area contributed by atoms with Gasteiger partial charge in [0.2, 0.25) is 0 Å². The fourth-order valence-electron chi connectivity index (χ4n) is 0.344. The molecular weight excluding hydrogens is 100 g/mol. The summed E-state index contributed by atoms with van der Waals surface area (Å²) in [5, 5.41) is 6.60. The third-order valence-electron chi connectivity index (χ3n) is 0.635. The van der Waals surface area contributed by atoms with E-state index in [9.17, 15) is 0 Å². The minimum atomic E-state index is 0.613. The van der Waals surface area contributed by atoms with Crippen LogP contribution in [-0.4, -0.2) is 6.21 Å². The molecule has 0 aliphatic carbocycles. The highest BCUT2D eigenvalue weighted by Crippen LogP contribution is 1.81. The number of hydrogen-bond acceptors (Lipinski definition) is 2. The molecule has 2 nitrogen and oxygen atoms in total. The summed E-state index contributed by atoms with van der Waals surface area (Å²) in [5.74, 6) is 0. The first kappa shape index (κ1) is 6.95. The minimum absolute atomic E-state index is 0.613. The van der Waals surface area contributed by atoms with E-state index >= 15 is 0 Å². The molecule has 0 radical (unpaired) electrons. The Morgan fingerprint density at radius 2 is 2.25 bits per heavy atom. The van der Waals surface area contributed by atoms with E-state index in [1.54, 1.807) is 6.08 Å². The maximum atomic E-state index is 6.60. The van der Waals surface area contributed by atoms with Gasteiger partial charge in [0.15, 0.2) is 0 Å². The molecule has 0 aromatic carbocycles. The Morgan fingerprint density at radius 3 is 2.62 bits per heavy atom. The quantitative estimate of drug-likeness (QED) is 0.405. The molecule has 0 spiro atoms. The summed E-state index contributed by atoms with van der Waals surface area (Å²) in [6, 6.07) is 0. The molecule has 0 rings (SSSR count). The summed E-state index contributed by atoms with van der Waals surface area (Å²) in [5.41, 5.74) is 5.93. The van der Waals surface area contributed by atoms with Crippen LogP contribution in [0.25, 0.3) is 0 Å². The smallest absolute Gasteiger partial charge is 0.0325 e. The van der Waals surface area contributed by atoms with Gasteiger partial charge in [-0.1, -0.05) is 6.08 Å². The van der Waals surface area contributed by atoms with Crippen molar-refractivity contribution in [2.75, 3.05) is 0 Å². The molecule has 0 saturated heterocycles. The zero-order valence-corrected chi connectivity index (χ0v) is 4.89. The molecule has 0 aliphatic heterocycles. The summed E-state index contributed by atoms with van der Waals surface area (Å²) in [7, 11) is 0. The van der Waals surface area contributed by atoms with E-state index in [0.717, 1.165) is 6.21 Å². The first-order valence-electron chi connectivity index (χ1n) is 2.40. The standard InChI is InChI=1S/C6H10N2/c1-2-3-6(8)4-5-7/h2-5,7H,8H2,1H3/b3-2-,6-4-,7-5?. The molecule has 0 aromatic rings. The Hall–Kier alpha value is -1.05. The lowest BCUT2D eigenvalue weighted by atomic mass is 10.4. The molecule has 0 aromatic heterocycles. The van der Waals surface area contributed by atoms with Crippen molar-refractivity contribution >= 4 is 6.21 Å². The molecule has 0 bridgehead atoms. The fraction of sp³-hybridized carbons (Fsp3) is 0.167. The Balaban J connectivity index is 3.79. The van der Waals surface area contributed by atoms with Gasteiger partial charge >= 0.3 is 0 Å². The molecule has 0 unspecified atom stereocenters. The molecule has 0 heterocycles. The van der Waals surface area contributed by atoms with E-state index < -0.39 is 0 Å². The lowest BCUT2D eigenvalue weighted by Crippen LogP contribution is -1.91. The topological polar surface area (TPSA) is 49.9 Å². The van der Waals surface area contributed by atoms with Crippen molar-refractivity contribution in [3.05, 3.63) is 23.9 Å². The lowest BCUT2D eigenvalue weighted by Gasteiger charge is -1.83. The summed E-state index contributed by atoms with van der Waals surface area (Å²) < 4.78 is 0. The Kier molecular flexibility index (Phi) is 3.58. The Morgan fingerprint density at radius 1 is 1.62 bits per heavy atom. The van der Waals surface area contributed by atoms with Crippen LogP contribution in [0.4, 0.5) is 0 Å². The third-order valence-corrected chi connectivity index (χ3v) is 0.635. The highest BCUT2D eigenvalue weighted by atomic mass is 14.6. The Bertz CT molecular complexity index is 122. The second-order valence-corrected chi connectivity index (χ2v) is 1.33. The fourth-order valence-corrected chi connectivity index (χ4v) is 0.344. The maximum Gasteiger partial charge on any atom is 0.0325 e. The maximum absolute atomic E-state index is 6.60. The Labute approximate surface area is 49.2 Å². The first-order valence-corrected chi connectivity index (χ1v) is 2.40. The van der Waals surface area contributed by atoms with Crippen molar-refractivity contribution in [2.24, 2.45) is 5.73 Å². The van der Waals surface area contributed by atoms with E-state index in [4.69, 9.17) is 11.1 Å². The van der Waals surface area contributed by atoms with Gasteiger partial charge in [0, 0.05) is 11.9 Å². The van der Waals surface area contributed by atoms with E-state index in [1.807, 2.05) is 13.0 Å². The summed E-state index contributed by atoms with van der Waals surface area (Å²) >= 11 is 0. The number of nitrogens with one attached hydrogen (secondary N) is 1. The van der Waals surface area contributed by atoms with Gasteiger partial charge in [-0.3, -0.25) is 0 Å². The summed E-state index contributed by atoms with van der Waals surface area (Å²) in [6.45, 7) is 1.88. The zero-order valence-electron chi connectivity index (χ0n) is 4.89. The molecule has 44 valence electrons. The second-order valence-electron chi connectivity index (χ2n) is 1.33. The molecule has 0 atom stereocenters. The average molecular weight is 110 g/mol. The highest BCUT2D eigenvalue weighted by molar-refractivity contribution is 5.69. The normalized spacial score (nSPS) is 12.4. The summed E-state index contributed by atoms with van der Waals surface area (Å²) in [6.07, 6.45) is 6.26. The largest absolute Gasteiger partial charge is 0.399 e. The van der Waals surface area contributed by atoms with Crippen LogP contribution in [0.2, 0.25) is 0 Å². The number of nitrogens with two attached hydrogens (primary N) is 1. The lowest BCUT2D eigenvalue weighted by molar-refractivity contribution is 1.42. The van der Waals surface area contributed by atoms with Crippen molar-refractivity contribution < 1.29 is 0 Å². The monoisotopic (exact) mass is 110 g/mol. The average Bonchev–Trinajstić information content (AvgIpc) is 1.68. The third kappa shape index (κ3) is 3.15. The van der Waals surface area contributed by atoms with Crippen molar-refractivity contribution in [1.82, 2.24) is 0 Å². The van der Waals surface area contributed by atoms with Gasteiger partial charge in [0.05, 0.1) is 0 Å². The van der Waals surface area contributed by atoms with Crippen molar-refractivity contribution in [3.63, 3.8) is 0 Å². The second kappa shape index (κ2) is 4.12. The van der Waals surface area contributed by atoms with Crippen LogP contribution in [0, 0.1) is 5.41 Å². The molecule has 2 heteroatoms. The van der Waals surface area contributed by atoms with Crippen molar-refractivity contribution in [3.8, 4) is 0 Å². The molecular formula is C6H10N2. The number of rotatable bonds is 2. The van der Waals surface area contributed by atoms with Gasteiger partial charge in [0.1, 0.15) is 0 Å². The van der Waals surface area contributed by atoms with E-state index in [2.05, 4.69) is 0 Å². The van der Waals surface area contributed by atoms with Gasteiger partial charge in [-0.15, -0.1) is 0 Å². The van der Waals surface area contributed by atoms with Gasteiger partial charge in [-0.2, -0.15) is 0 Å². The SMILES string of the molecule is C/C=C\C(N)=C\C=N. The van der Waals surface area contributed by atoms with E-state index in [1.165, 1.54) is 6.08 Å². The van der Waals surface area contributed by atoms with Crippen molar-refractivity contribution in [2.45, 2.75) is 6.92 Å². The van der Waals surface area contributed by atoms with Gasteiger partial charge in [-0.25, -0.2) is 0 Å². The first-order chi connectivity index (χ1) is 3.81. The van der Waals surface area contributed by atoms with Gasteiger partial charge in [0.25, 0.3) is 0 Å². The molecule has 0 saturated carbocycles. The van der Waals surface area contributed by atoms with Crippen LogP contribution in [0.3, 0.4) is 0 Å². The van der Waals surface area contributed by atoms with Crippen LogP contribution >= 0.6 is 0 Å². The van der Waals surface area contributed by atoms with Crippen LogP contribution in [0.15, 0.2) is 23.9 Å². The van der Waals surface area contributed by atoms with Gasteiger partial charge in [-0.05, 0) is 19.1 Å². The minimum Gasteiger partial charge on any atom is -0.399 e.